The molecule has 0 bridgehead atoms. The van der Waals surface area contributed by atoms with Crippen molar-refractivity contribution in [2.24, 2.45) is 0 Å². The largest absolute Gasteiger partial charge is 0.505 e. The lowest BCUT2D eigenvalue weighted by atomic mass is 10.1. The van der Waals surface area contributed by atoms with E-state index in [4.69, 9.17) is 15.6 Å². The molecule has 0 aliphatic carbocycles. The van der Waals surface area contributed by atoms with E-state index in [9.17, 15) is 9.90 Å². The number of nitrogen functional groups attached to an aromatic ring is 1. The molecule has 5 nitrogen and oxygen atoms in total. The van der Waals surface area contributed by atoms with Crippen molar-refractivity contribution in [2.75, 3.05) is 12.8 Å². The molecule has 0 saturated heterocycles. The minimum absolute atomic E-state index is 0.0169. The van der Waals surface area contributed by atoms with Crippen LogP contribution in [0.15, 0.2) is 12.1 Å². The summed E-state index contributed by atoms with van der Waals surface area (Å²) in [6.45, 7) is 0. The highest BCUT2D eigenvalue weighted by atomic mass is 16.5. The van der Waals surface area contributed by atoms with E-state index >= 15 is 0 Å². The zero-order chi connectivity index (χ0) is 10.0. The number of benzene rings is 1. The lowest BCUT2D eigenvalue weighted by Gasteiger charge is -2.06. The predicted octanol–water partition coefficient (Wildman–Crippen LogP) is 0.681. The summed E-state index contributed by atoms with van der Waals surface area (Å²) in [6, 6.07) is 2.55. The number of carboxylic acid groups (broad SMARTS) is 1. The van der Waals surface area contributed by atoms with E-state index in [1.54, 1.807) is 0 Å². The Balaban J connectivity index is 3.33. The van der Waals surface area contributed by atoms with Crippen LogP contribution >= 0.6 is 0 Å². The van der Waals surface area contributed by atoms with Gasteiger partial charge in [-0.25, -0.2) is 4.79 Å². The van der Waals surface area contributed by atoms with Crippen molar-refractivity contribution in [1.82, 2.24) is 0 Å². The lowest BCUT2D eigenvalue weighted by Crippen LogP contribution is -2.00. The quantitative estimate of drug-likeness (QED) is 0.463. The number of aromatic carboxylic acids is 1. The average molecular weight is 183 g/mol. The van der Waals surface area contributed by atoms with Crippen molar-refractivity contribution >= 4 is 11.7 Å². The summed E-state index contributed by atoms with van der Waals surface area (Å²) in [5, 5.41) is 17.9. The Bertz CT molecular complexity index is 348. The first kappa shape index (κ1) is 9.18. The van der Waals surface area contributed by atoms with Crippen LogP contribution in [-0.2, 0) is 0 Å². The first-order chi connectivity index (χ1) is 6.06. The number of rotatable bonds is 2. The molecule has 70 valence electrons. The van der Waals surface area contributed by atoms with Gasteiger partial charge in [-0.1, -0.05) is 0 Å². The summed E-state index contributed by atoms with van der Waals surface area (Å²) in [5.41, 5.74) is 5.06. The van der Waals surface area contributed by atoms with Gasteiger partial charge in [0.25, 0.3) is 0 Å². The van der Waals surface area contributed by atoms with Gasteiger partial charge in [-0.05, 0) is 6.07 Å². The SMILES string of the molecule is COc1cc(N)c(O)c(C(=O)O)c1. The van der Waals surface area contributed by atoms with Crippen LogP contribution in [0, 0.1) is 0 Å². The van der Waals surface area contributed by atoms with E-state index in [2.05, 4.69) is 0 Å². The predicted molar refractivity (Wildman–Crippen MR) is 46.0 cm³/mol. The Morgan fingerprint density at radius 1 is 1.54 bits per heavy atom. The number of anilines is 1. The van der Waals surface area contributed by atoms with Crippen LogP contribution in [0.5, 0.6) is 11.5 Å². The van der Waals surface area contributed by atoms with Gasteiger partial charge in [0.05, 0.1) is 12.8 Å². The third kappa shape index (κ3) is 1.64. The summed E-state index contributed by atoms with van der Waals surface area (Å²) >= 11 is 0. The smallest absolute Gasteiger partial charge is 0.339 e. The molecule has 0 fully saturated rings. The summed E-state index contributed by atoms with van der Waals surface area (Å²) in [4.78, 5) is 10.6. The second-order valence-corrected chi connectivity index (χ2v) is 2.42. The Labute approximate surface area is 74.4 Å². The van der Waals surface area contributed by atoms with Crippen molar-refractivity contribution in [3.05, 3.63) is 17.7 Å². The average Bonchev–Trinajstić information content (AvgIpc) is 2.09. The van der Waals surface area contributed by atoms with Crippen molar-refractivity contribution in [3.8, 4) is 11.5 Å². The van der Waals surface area contributed by atoms with E-state index in [0.717, 1.165) is 0 Å². The Morgan fingerprint density at radius 2 is 2.15 bits per heavy atom. The fourth-order valence-corrected chi connectivity index (χ4v) is 0.910. The van der Waals surface area contributed by atoms with Crippen molar-refractivity contribution in [2.45, 2.75) is 0 Å². The number of aromatic hydroxyl groups is 1. The number of methoxy groups -OCH3 is 1. The first-order valence-corrected chi connectivity index (χ1v) is 3.46. The molecule has 0 aromatic heterocycles. The maximum absolute atomic E-state index is 10.6. The number of hydrogen-bond donors (Lipinski definition) is 3. The summed E-state index contributed by atoms with van der Waals surface area (Å²) < 4.78 is 4.79. The minimum Gasteiger partial charge on any atom is -0.505 e. The highest BCUT2D eigenvalue weighted by Gasteiger charge is 2.13. The molecule has 1 rings (SSSR count). The lowest BCUT2D eigenvalue weighted by molar-refractivity contribution is 0.0693. The molecule has 0 radical (unpaired) electrons. The van der Waals surface area contributed by atoms with Crippen LogP contribution < -0.4 is 10.5 Å². The second kappa shape index (κ2) is 3.22. The fraction of sp³-hybridized carbons (Fsp3) is 0.125. The van der Waals surface area contributed by atoms with Gasteiger partial charge in [0.1, 0.15) is 11.3 Å². The van der Waals surface area contributed by atoms with Crippen LogP contribution in [0.3, 0.4) is 0 Å². The number of hydrogen-bond acceptors (Lipinski definition) is 4. The number of carbonyl (C=O) groups is 1. The molecule has 0 spiro atoms. The monoisotopic (exact) mass is 183 g/mol. The van der Waals surface area contributed by atoms with Gasteiger partial charge in [-0.3, -0.25) is 0 Å². The molecular formula is C8H9NO4. The third-order valence-electron chi connectivity index (χ3n) is 1.58. The van der Waals surface area contributed by atoms with Gasteiger partial charge in [0.15, 0.2) is 5.75 Å². The van der Waals surface area contributed by atoms with Crippen LogP contribution in [0.1, 0.15) is 10.4 Å². The molecule has 0 atom stereocenters. The Hall–Kier alpha value is -1.91. The van der Waals surface area contributed by atoms with Crippen LogP contribution in [0.2, 0.25) is 0 Å². The number of nitrogens with two attached hydrogens (primary N) is 1. The molecule has 0 amide bonds. The van der Waals surface area contributed by atoms with Crippen LogP contribution in [0.4, 0.5) is 5.69 Å². The molecule has 0 heterocycles. The topological polar surface area (TPSA) is 92.8 Å². The Kier molecular flexibility index (Phi) is 2.27. The Morgan fingerprint density at radius 3 is 2.62 bits per heavy atom. The normalized spacial score (nSPS) is 9.62. The van der Waals surface area contributed by atoms with E-state index in [1.807, 2.05) is 0 Å². The summed E-state index contributed by atoms with van der Waals surface area (Å²) in [6.07, 6.45) is 0. The molecule has 5 heteroatoms. The molecule has 0 unspecified atom stereocenters. The number of ether oxygens (including phenoxy) is 1. The number of phenols is 1. The van der Waals surface area contributed by atoms with Gasteiger partial charge in [-0.15, -0.1) is 0 Å². The second-order valence-electron chi connectivity index (χ2n) is 2.42. The standard InChI is InChI=1S/C8H9NO4/c1-13-4-2-5(8(11)12)7(10)6(9)3-4/h2-3,10H,9H2,1H3,(H,11,12). The van der Waals surface area contributed by atoms with Gasteiger partial charge >= 0.3 is 5.97 Å². The van der Waals surface area contributed by atoms with Crippen molar-refractivity contribution < 1.29 is 19.7 Å². The first-order valence-electron chi connectivity index (χ1n) is 3.46. The van der Waals surface area contributed by atoms with Crippen molar-refractivity contribution in [1.29, 1.82) is 0 Å². The van der Waals surface area contributed by atoms with E-state index < -0.39 is 11.7 Å². The van der Waals surface area contributed by atoms with Crippen LogP contribution in [0.25, 0.3) is 0 Å². The molecule has 4 N–H and O–H groups in total. The summed E-state index contributed by atoms with van der Waals surface area (Å²) in [7, 11) is 1.39. The van der Waals surface area contributed by atoms with Crippen LogP contribution in [-0.4, -0.2) is 23.3 Å². The van der Waals surface area contributed by atoms with Crippen molar-refractivity contribution in [3.63, 3.8) is 0 Å². The van der Waals surface area contributed by atoms with Gasteiger partial charge in [0.2, 0.25) is 0 Å². The number of carboxylic acids is 1. The highest BCUT2D eigenvalue weighted by molar-refractivity contribution is 5.93. The van der Waals surface area contributed by atoms with E-state index in [-0.39, 0.29) is 11.3 Å². The molecule has 0 aliphatic rings. The molecule has 1 aromatic rings. The molecular weight excluding hydrogens is 174 g/mol. The molecule has 13 heavy (non-hydrogen) atoms. The van der Waals surface area contributed by atoms with E-state index in [0.29, 0.717) is 5.75 Å². The molecule has 0 saturated carbocycles. The van der Waals surface area contributed by atoms with Gasteiger partial charge in [0, 0.05) is 6.07 Å². The van der Waals surface area contributed by atoms with Gasteiger partial charge in [-0.2, -0.15) is 0 Å². The maximum atomic E-state index is 10.6. The minimum atomic E-state index is -1.25. The zero-order valence-corrected chi connectivity index (χ0v) is 6.94. The summed E-state index contributed by atoms with van der Waals surface area (Å²) in [5.74, 6) is -1.39. The van der Waals surface area contributed by atoms with Gasteiger partial charge < -0.3 is 20.7 Å². The zero-order valence-electron chi connectivity index (χ0n) is 6.94. The highest BCUT2D eigenvalue weighted by Crippen LogP contribution is 2.30. The van der Waals surface area contributed by atoms with E-state index in [1.165, 1.54) is 19.2 Å². The molecule has 0 aliphatic heterocycles. The molecule has 1 aromatic carbocycles. The maximum Gasteiger partial charge on any atom is 0.339 e. The fourth-order valence-electron chi connectivity index (χ4n) is 0.910. The third-order valence-corrected chi connectivity index (χ3v) is 1.58.